The maximum absolute atomic E-state index is 11.8. The molecular weight excluding hydrogens is 390 g/mol. The minimum absolute atomic E-state index is 0.0378. The first-order valence-electron chi connectivity index (χ1n) is 10.8. The summed E-state index contributed by atoms with van der Waals surface area (Å²) < 4.78 is 6.04. The Morgan fingerprint density at radius 2 is 1.94 bits per heavy atom. The normalized spacial score (nSPS) is 16.9. The first kappa shape index (κ1) is 22.6. The van der Waals surface area contributed by atoms with Crippen LogP contribution >= 0.6 is 0 Å². The van der Waals surface area contributed by atoms with E-state index >= 15 is 0 Å². The van der Waals surface area contributed by atoms with E-state index in [1.54, 1.807) is 7.05 Å². The van der Waals surface area contributed by atoms with Gasteiger partial charge >= 0.3 is 6.03 Å². The maximum atomic E-state index is 11.8. The summed E-state index contributed by atoms with van der Waals surface area (Å²) in [4.78, 5) is 18.5. The van der Waals surface area contributed by atoms with Crippen molar-refractivity contribution in [3.05, 3.63) is 65.2 Å². The molecule has 0 aromatic heterocycles. The van der Waals surface area contributed by atoms with Gasteiger partial charge in [-0.15, -0.1) is 0 Å². The number of nitrogens with zero attached hydrogens (tertiary/aromatic N) is 2. The molecule has 1 saturated heterocycles. The molecule has 1 aliphatic heterocycles. The zero-order valence-corrected chi connectivity index (χ0v) is 18.8. The molecule has 1 heterocycles. The fraction of sp³-hybridized carbons (Fsp3) is 0.417. The lowest BCUT2D eigenvalue weighted by Gasteiger charge is -2.35. The lowest BCUT2D eigenvalue weighted by Crippen LogP contribution is -2.48. The summed E-state index contributed by atoms with van der Waals surface area (Å²) in [6, 6.07) is 16.1. The standard InChI is InChI=1S/C24H33N5O2/c1-17(2)27-24(30)28-20-11-9-19(10-12-20)15-26-23(25-4)29-13-14-31-22(16-29)21-8-6-5-7-18(21)3/h5-12,17,22H,13-16H2,1-4H3,(H,25,26)(H2,27,28,30). The van der Waals surface area contributed by atoms with Gasteiger partial charge in [0.2, 0.25) is 0 Å². The number of hydrogen-bond acceptors (Lipinski definition) is 3. The summed E-state index contributed by atoms with van der Waals surface area (Å²) in [5.74, 6) is 0.861. The summed E-state index contributed by atoms with van der Waals surface area (Å²) in [7, 11) is 1.81. The molecule has 1 fully saturated rings. The second-order valence-corrected chi connectivity index (χ2v) is 8.01. The summed E-state index contributed by atoms with van der Waals surface area (Å²) >= 11 is 0. The Bertz CT molecular complexity index is 895. The fourth-order valence-corrected chi connectivity index (χ4v) is 3.63. The van der Waals surface area contributed by atoms with Crippen LogP contribution in [-0.4, -0.2) is 49.7 Å². The summed E-state index contributed by atoms with van der Waals surface area (Å²) in [5.41, 5.74) is 4.35. The van der Waals surface area contributed by atoms with Gasteiger partial charge in [-0.05, 0) is 49.6 Å². The Morgan fingerprint density at radius 1 is 1.19 bits per heavy atom. The van der Waals surface area contributed by atoms with Crippen LogP contribution in [-0.2, 0) is 11.3 Å². The number of guanidine groups is 1. The highest BCUT2D eigenvalue weighted by atomic mass is 16.5. The molecule has 7 nitrogen and oxygen atoms in total. The van der Waals surface area contributed by atoms with E-state index in [4.69, 9.17) is 4.74 Å². The predicted molar refractivity (Wildman–Crippen MR) is 125 cm³/mol. The third-order valence-electron chi connectivity index (χ3n) is 5.20. The van der Waals surface area contributed by atoms with Crippen LogP contribution in [0.15, 0.2) is 53.5 Å². The Balaban J connectivity index is 1.55. The topological polar surface area (TPSA) is 78.0 Å². The van der Waals surface area contributed by atoms with Crippen LogP contribution in [0.3, 0.4) is 0 Å². The van der Waals surface area contributed by atoms with E-state index in [1.165, 1.54) is 11.1 Å². The highest BCUT2D eigenvalue weighted by molar-refractivity contribution is 5.89. The van der Waals surface area contributed by atoms with Crippen molar-refractivity contribution < 1.29 is 9.53 Å². The smallest absolute Gasteiger partial charge is 0.319 e. The van der Waals surface area contributed by atoms with E-state index in [9.17, 15) is 4.79 Å². The fourth-order valence-electron chi connectivity index (χ4n) is 3.63. The second kappa shape index (κ2) is 10.8. The van der Waals surface area contributed by atoms with Crippen LogP contribution in [0.5, 0.6) is 0 Å². The highest BCUT2D eigenvalue weighted by Gasteiger charge is 2.25. The largest absolute Gasteiger partial charge is 0.370 e. The minimum Gasteiger partial charge on any atom is -0.370 e. The van der Waals surface area contributed by atoms with Gasteiger partial charge in [0.25, 0.3) is 0 Å². The monoisotopic (exact) mass is 423 g/mol. The van der Waals surface area contributed by atoms with Crippen molar-refractivity contribution in [3.63, 3.8) is 0 Å². The Morgan fingerprint density at radius 3 is 2.61 bits per heavy atom. The highest BCUT2D eigenvalue weighted by Crippen LogP contribution is 2.25. The van der Waals surface area contributed by atoms with E-state index in [2.05, 4.69) is 57.0 Å². The molecule has 7 heteroatoms. The third kappa shape index (κ3) is 6.46. The summed E-state index contributed by atoms with van der Waals surface area (Å²) in [6.07, 6.45) is 0.0378. The van der Waals surface area contributed by atoms with Crippen LogP contribution in [0.2, 0.25) is 0 Å². The number of aliphatic imine (C=N–C) groups is 1. The van der Waals surface area contributed by atoms with E-state index < -0.39 is 0 Å². The van der Waals surface area contributed by atoms with Crippen LogP contribution in [0.1, 0.15) is 36.6 Å². The SMILES string of the molecule is CN=C(NCc1ccc(NC(=O)NC(C)C)cc1)N1CCOC(c2ccccc2C)C1. The molecular formula is C24H33N5O2. The molecule has 3 rings (SSSR count). The molecule has 0 spiro atoms. The predicted octanol–water partition coefficient (Wildman–Crippen LogP) is 3.67. The van der Waals surface area contributed by atoms with E-state index in [0.717, 1.165) is 30.3 Å². The number of carbonyl (C=O) groups excluding carboxylic acids is 1. The number of rotatable bonds is 5. The molecule has 1 unspecified atom stereocenters. The van der Waals surface area contributed by atoms with Gasteiger partial charge in [-0.3, -0.25) is 4.99 Å². The molecule has 2 aromatic rings. The van der Waals surface area contributed by atoms with Crippen LogP contribution in [0, 0.1) is 6.92 Å². The van der Waals surface area contributed by atoms with Crippen molar-refractivity contribution in [3.8, 4) is 0 Å². The van der Waals surface area contributed by atoms with Crippen molar-refractivity contribution in [1.82, 2.24) is 15.5 Å². The summed E-state index contributed by atoms with van der Waals surface area (Å²) in [6.45, 7) is 8.86. The number of carbonyl (C=O) groups is 1. The first-order chi connectivity index (χ1) is 15.0. The molecule has 1 aliphatic rings. The van der Waals surface area contributed by atoms with Crippen molar-refractivity contribution in [2.24, 2.45) is 4.99 Å². The Kier molecular flexibility index (Phi) is 7.89. The molecule has 0 radical (unpaired) electrons. The van der Waals surface area contributed by atoms with Crippen LogP contribution in [0.25, 0.3) is 0 Å². The molecule has 2 amide bonds. The average molecular weight is 424 g/mol. The number of nitrogens with one attached hydrogen (secondary N) is 3. The van der Waals surface area contributed by atoms with Gasteiger partial charge in [-0.2, -0.15) is 0 Å². The number of ether oxygens (including phenoxy) is 1. The second-order valence-electron chi connectivity index (χ2n) is 8.01. The third-order valence-corrected chi connectivity index (χ3v) is 5.20. The van der Waals surface area contributed by atoms with Crippen molar-refractivity contribution in [2.75, 3.05) is 32.1 Å². The van der Waals surface area contributed by atoms with Gasteiger partial charge < -0.3 is 25.6 Å². The number of hydrogen-bond donors (Lipinski definition) is 3. The first-order valence-corrected chi connectivity index (χ1v) is 10.8. The number of benzene rings is 2. The zero-order chi connectivity index (χ0) is 22.2. The van der Waals surface area contributed by atoms with E-state index in [0.29, 0.717) is 13.2 Å². The molecule has 0 saturated carbocycles. The maximum Gasteiger partial charge on any atom is 0.319 e. The quantitative estimate of drug-likeness (QED) is 0.506. The molecule has 1 atom stereocenters. The molecule has 3 N–H and O–H groups in total. The van der Waals surface area contributed by atoms with Gasteiger partial charge in [0.15, 0.2) is 5.96 Å². The minimum atomic E-state index is -0.197. The van der Waals surface area contributed by atoms with Gasteiger partial charge in [-0.25, -0.2) is 4.79 Å². The van der Waals surface area contributed by atoms with E-state index in [-0.39, 0.29) is 18.2 Å². The van der Waals surface area contributed by atoms with Crippen molar-refractivity contribution in [2.45, 2.75) is 39.5 Å². The van der Waals surface area contributed by atoms with Gasteiger partial charge in [0, 0.05) is 31.9 Å². The number of aryl methyl sites for hydroxylation is 1. The molecule has 0 bridgehead atoms. The molecule has 2 aromatic carbocycles. The number of urea groups is 1. The van der Waals surface area contributed by atoms with Crippen molar-refractivity contribution >= 4 is 17.7 Å². The average Bonchev–Trinajstić information content (AvgIpc) is 2.75. The lowest BCUT2D eigenvalue weighted by molar-refractivity contribution is -0.00833. The lowest BCUT2D eigenvalue weighted by atomic mass is 10.0. The zero-order valence-electron chi connectivity index (χ0n) is 18.8. The molecule has 166 valence electrons. The van der Waals surface area contributed by atoms with Crippen LogP contribution in [0.4, 0.5) is 10.5 Å². The Labute approximate surface area is 184 Å². The number of amides is 2. The molecule has 31 heavy (non-hydrogen) atoms. The van der Waals surface area contributed by atoms with Gasteiger partial charge in [0.1, 0.15) is 6.10 Å². The Hall–Kier alpha value is -3.06. The number of anilines is 1. The summed E-state index contributed by atoms with van der Waals surface area (Å²) in [5, 5.41) is 9.10. The molecule has 0 aliphatic carbocycles. The van der Waals surface area contributed by atoms with Crippen molar-refractivity contribution in [1.29, 1.82) is 0 Å². The van der Waals surface area contributed by atoms with Gasteiger partial charge in [-0.1, -0.05) is 36.4 Å². The number of morpholine rings is 1. The van der Waals surface area contributed by atoms with E-state index in [1.807, 2.05) is 38.1 Å². The van der Waals surface area contributed by atoms with Crippen LogP contribution < -0.4 is 16.0 Å². The van der Waals surface area contributed by atoms with Gasteiger partial charge in [0.05, 0.1) is 13.2 Å².